The van der Waals surface area contributed by atoms with Gasteiger partial charge in [-0.1, -0.05) is 0 Å². The number of nitrogens with zero attached hydrogens (tertiary/aromatic N) is 2. The summed E-state index contributed by atoms with van der Waals surface area (Å²) in [5, 5.41) is 7.47. The number of methoxy groups -OCH3 is 1. The van der Waals surface area contributed by atoms with E-state index in [9.17, 15) is 4.39 Å². The van der Waals surface area contributed by atoms with E-state index in [1.807, 2.05) is 25.3 Å². The van der Waals surface area contributed by atoms with Gasteiger partial charge in [0.05, 0.1) is 13.7 Å². The highest BCUT2D eigenvalue weighted by Gasteiger charge is 2.05. The molecule has 0 bridgehead atoms. The first-order chi connectivity index (χ1) is 13.2. The summed E-state index contributed by atoms with van der Waals surface area (Å²) in [5.74, 6) is 1.09. The first-order valence-corrected chi connectivity index (χ1v) is 8.96. The lowest BCUT2D eigenvalue weighted by atomic mass is 10.1. The molecule has 0 aliphatic rings. The number of aromatic amines is 1. The lowest BCUT2D eigenvalue weighted by Gasteiger charge is -2.11. The molecule has 8 heteroatoms. The van der Waals surface area contributed by atoms with Gasteiger partial charge >= 0.3 is 0 Å². The highest BCUT2D eigenvalue weighted by molar-refractivity contribution is 14.0. The van der Waals surface area contributed by atoms with Crippen LogP contribution in [-0.2, 0) is 13.0 Å². The number of hydrogen-bond donors (Lipinski definition) is 3. The van der Waals surface area contributed by atoms with Crippen LogP contribution in [0, 0.1) is 5.82 Å². The summed E-state index contributed by atoms with van der Waals surface area (Å²) in [6.45, 7) is 4.00. The molecule has 3 rings (SSSR count). The van der Waals surface area contributed by atoms with Gasteiger partial charge in [-0.05, 0) is 48.7 Å². The maximum absolute atomic E-state index is 13.5. The van der Waals surface area contributed by atoms with E-state index in [4.69, 9.17) is 4.74 Å². The summed E-state index contributed by atoms with van der Waals surface area (Å²) in [7, 11) is 1.59. The van der Waals surface area contributed by atoms with Crippen molar-refractivity contribution in [1.82, 2.24) is 20.6 Å². The molecule has 28 heavy (non-hydrogen) atoms. The second-order valence-corrected chi connectivity index (χ2v) is 6.08. The Kier molecular flexibility index (Phi) is 8.49. The Labute approximate surface area is 181 Å². The van der Waals surface area contributed by atoms with Crippen LogP contribution in [0.5, 0.6) is 5.88 Å². The minimum atomic E-state index is -0.223. The number of benzene rings is 1. The minimum absolute atomic E-state index is 0. The van der Waals surface area contributed by atoms with Crippen molar-refractivity contribution in [3.8, 4) is 5.88 Å². The summed E-state index contributed by atoms with van der Waals surface area (Å²) >= 11 is 0. The van der Waals surface area contributed by atoms with Crippen molar-refractivity contribution in [1.29, 1.82) is 0 Å². The summed E-state index contributed by atoms with van der Waals surface area (Å²) in [6, 6.07) is 8.57. The van der Waals surface area contributed by atoms with Crippen LogP contribution in [0.25, 0.3) is 10.9 Å². The topological polar surface area (TPSA) is 74.3 Å². The molecule has 0 saturated heterocycles. The monoisotopic (exact) mass is 497 g/mol. The van der Waals surface area contributed by atoms with Crippen LogP contribution in [-0.4, -0.2) is 36.1 Å². The Morgan fingerprint density at radius 3 is 2.89 bits per heavy atom. The van der Waals surface area contributed by atoms with E-state index >= 15 is 0 Å². The number of rotatable bonds is 7. The average Bonchev–Trinajstić information content (AvgIpc) is 3.08. The van der Waals surface area contributed by atoms with Crippen molar-refractivity contribution in [2.75, 3.05) is 20.2 Å². The number of ether oxygens (including phenoxy) is 1. The Bertz CT molecular complexity index is 928. The van der Waals surface area contributed by atoms with Gasteiger partial charge in [-0.15, -0.1) is 24.0 Å². The Morgan fingerprint density at radius 1 is 1.25 bits per heavy atom. The second kappa shape index (κ2) is 10.8. The predicted octanol–water partition coefficient (Wildman–Crippen LogP) is 3.63. The van der Waals surface area contributed by atoms with Crippen LogP contribution in [0.2, 0.25) is 0 Å². The molecule has 6 nitrogen and oxygen atoms in total. The molecule has 0 amide bonds. The maximum Gasteiger partial charge on any atom is 0.213 e. The number of pyridine rings is 1. The molecule has 3 N–H and O–H groups in total. The van der Waals surface area contributed by atoms with Crippen molar-refractivity contribution in [2.45, 2.75) is 19.9 Å². The number of aliphatic imine (C=N–C) groups is 1. The number of fused-ring (bicyclic) bond motifs is 1. The number of halogens is 2. The Hall–Kier alpha value is -2.36. The molecule has 2 heterocycles. The largest absolute Gasteiger partial charge is 0.481 e. The molecule has 0 aliphatic carbocycles. The first kappa shape index (κ1) is 21.9. The van der Waals surface area contributed by atoms with Gasteiger partial charge in [0.25, 0.3) is 0 Å². The third kappa shape index (κ3) is 5.82. The molecule has 0 unspecified atom stereocenters. The highest BCUT2D eigenvalue weighted by atomic mass is 127. The summed E-state index contributed by atoms with van der Waals surface area (Å²) in [4.78, 5) is 11.9. The van der Waals surface area contributed by atoms with Crippen molar-refractivity contribution in [3.63, 3.8) is 0 Å². The molecule has 0 fully saturated rings. The lowest BCUT2D eigenvalue weighted by molar-refractivity contribution is 0.397. The van der Waals surface area contributed by atoms with Crippen LogP contribution >= 0.6 is 24.0 Å². The van der Waals surface area contributed by atoms with Crippen LogP contribution < -0.4 is 15.4 Å². The average molecular weight is 497 g/mol. The zero-order valence-electron chi connectivity index (χ0n) is 16.0. The van der Waals surface area contributed by atoms with Gasteiger partial charge in [0.1, 0.15) is 5.82 Å². The van der Waals surface area contributed by atoms with E-state index in [0.717, 1.165) is 41.0 Å². The molecule has 0 spiro atoms. The smallest absolute Gasteiger partial charge is 0.213 e. The summed E-state index contributed by atoms with van der Waals surface area (Å²) in [5.41, 5.74) is 3.04. The number of guanidine groups is 1. The molecule has 0 saturated carbocycles. The van der Waals surface area contributed by atoms with Gasteiger partial charge in [-0.2, -0.15) is 0 Å². The van der Waals surface area contributed by atoms with E-state index < -0.39 is 0 Å². The fourth-order valence-electron chi connectivity index (χ4n) is 2.85. The van der Waals surface area contributed by atoms with Gasteiger partial charge in [0.2, 0.25) is 5.88 Å². The van der Waals surface area contributed by atoms with Crippen molar-refractivity contribution >= 4 is 40.8 Å². The predicted molar refractivity (Wildman–Crippen MR) is 121 cm³/mol. The molecule has 0 atom stereocenters. The molecule has 0 aliphatic heterocycles. The molecular formula is C20H25FIN5O. The lowest BCUT2D eigenvalue weighted by Crippen LogP contribution is -2.38. The normalized spacial score (nSPS) is 11.2. The zero-order chi connectivity index (χ0) is 19.1. The van der Waals surface area contributed by atoms with Gasteiger partial charge in [-0.3, -0.25) is 0 Å². The van der Waals surface area contributed by atoms with Crippen molar-refractivity contribution in [3.05, 3.63) is 59.7 Å². The van der Waals surface area contributed by atoms with E-state index in [2.05, 4.69) is 25.6 Å². The van der Waals surface area contributed by atoms with Gasteiger partial charge < -0.3 is 20.4 Å². The third-order valence-electron chi connectivity index (χ3n) is 4.19. The van der Waals surface area contributed by atoms with Gasteiger partial charge in [0, 0.05) is 42.5 Å². The summed E-state index contributed by atoms with van der Waals surface area (Å²) < 4.78 is 18.6. The SMILES string of the molecule is CCNC(=NCc1ccnc(OC)c1)NCCc1c[nH]c2ccc(F)cc12.I. The molecule has 0 radical (unpaired) electrons. The fraction of sp³-hybridized carbons (Fsp3) is 0.300. The number of aromatic nitrogens is 2. The number of hydrogen-bond acceptors (Lipinski definition) is 3. The molecule has 2 aromatic heterocycles. The molecule has 3 aromatic rings. The van der Waals surface area contributed by atoms with Gasteiger partial charge in [0.15, 0.2) is 5.96 Å². The van der Waals surface area contributed by atoms with Crippen LogP contribution in [0.3, 0.4) is 0 Å². The van der Waals surface area contributed by atoms with E-state index in [-0.39, 0.29) is 29.8 Å². The van der Waals surface area contributed by atoms with E-state index in [1.54, 1.807) is 25.4 Å². The number of H-pyrrole nitrogens is 1. The van der Waals surface area contributed by atoms with Crippen LogP contribution in [0.15, 0.2) is 47.7 Å². The van der Waals surface area contributed by atoms with Crippen LogP contribution in [0.1, 0.15) is 18.1 Å². The second-order valence-electron chi connectivity index (χ2n) is 6.08. The van der Waals surface area contributed by atoms with E-state index in [1.165, 1.54) is 6.07 Å². The third-order valence-corrected chi connectivity index (χ3v) is 4.19. The van der Waals surface area contributed by atoms with Crippen molar-refractivity contribution in [2.24, 2.45) is 4.99 Å². The Morgan fingerprint density at radius 2 is 2.11 bits per heavy atom. The van der Waals surface area contributed by atoms with Gasteiger partial charge in [-0.25, -0.2) is 14.4 Å². The van der Waals surface area contributed by atoms with Crippen molar-refractivity contribution < 1.29 is 9.13 Å². The summed E-state index contributed by atoms with van der Waals surface area (Å²) in [6.07, 6.45) is 4.40. The van der Waals surface area contributed by atoms with E-state index in [0.29, 0.717) is 19.0 Å². The highest BCUT2D eigenvalue weighted by Crippen LogP contribution is 2.19. The fourth-order valence-corrected chi connectivity index (χ4v) is 2.85. The molecule has 1 aromatic carbocycles. The first-order valence-electron chi connectivity index (χ1n) is 8.96. The quantitative estimate of drug-likeness (QED) is 0.265. The Balaban J connectivity index is 0.00000280. The molecular weight excluding hydrogens is 472 g/mol. The minimum Gasteiger partial charge on any atom is -0.481 e. The standard InChI is InChI=1S/C20H24FN5O.HI/c1-3-22-20(26-12-14-6-8-23-19(10-14)27-2)24-9-7-15-13-25-18-5-4-16(21)11-17(15)18;/h4-6,8,10-11,13,25H,3,7,9,12H2,1-2H3,(H2,22,24,26);1H. The zero-order valence-corrected chi connectivity index (χ0v) is 18.3. The molecule has 150 valence electrons. The number of nitrogens with one attached hydrogen (secondary N) is 3. The maximum atomic E-state index is 13.5. The van der Waals surface area contributed by atoms with Crippen LogP contribution in [0.4, 0.5) is 4.39 Å².